The minimum atomic E-state index is -4.14. The Morgan fingerprint density at radius 3 is 2.50 bits per heavy atom. The molecular formula is C21H25NO5S. The Bertz CT molecular complexity index is 994. The Labute approximate surface area is 165 Å². The summed E-state index contributed by atoms with van der Waals surface area (Å²) in [6, 6.07) is 14.0. The fourth-order valence-corrected chi connectivity index (χ4v) is 4.66. The summed E-state index contributed by atoms with van der Waals surface area (Å²) in [5, 5.41) is 11.2. The second-order valence-corrected chi connectivity index (χ2v) is 9.73. The highest BCUT2D eigenvalue weighted by Gasteiger charge is 2.38. The number of hydrogen-bond donors (Lipinski definition) is 2. The van der Waals surface area contributed by atoms with Crippen LogP contribution in [-0.2, 0) is 33.2 Å². The molecule has 1 aliphatic rings. The number of rotatable bonds is 4. The van der Waals surface area contributed by atoms with Gasteiger partial charge >= 0.3 is 6.09 Å². The van der Waals surface area contributed by atoms with Crippen molar-refractivity contribution in [2.75, 3.05) is 0 Å². The lowest BCUT2D eigenvalue weighted by molar-refractivity contribution is 0.0383. The Balaban J connectivity index is 1.89. The van der Waals surface area contributed by atoms with E-state index in [9.17, 15) is 18.3 Å². The first-order valence-electron chi connectivity index (χ1n) is 9.15. The van der Waals surface area contributed by atoms with E-state index in [4.69, 9.17) is 4.74 Å². The molecule has 2 N–H and O–H groups in total. The van der Waals surface area contributed by atoms with Crippen molar-refractivity contribution in [1.82, 2.24) is 4.72 Å². The number of sulfonamides is 1. The normalized spacial score (nSPS) is 19.1. The molecule has 3 rings (SSSR count). The predicted molar refractivity (Wildman–Crippen MR) is 105 cm³/mol. The van der Waals surface area contributed by atoms with Crippen LogP contribution < -0.4 is 4.72 Å². The van der Waals surface area contributed by atoms with Crippen molar-refractivity contribution in [2.24, 2.45) is 0 Å². The van der Waals surface area contributed by atoms with E-state index < -0.39 is 27.3 Å². The van der Waals surface area contributed by atoms with Gasteiger partial charge in [-0.3, -0.25) is 0 Å². The molecule has 0 saturated carbocycles. The van der Waals surface area contributed by atoms with Gasteiger partial charge in [-0.1, -0.05) is 42.5 Å². The summed E-state index contributed by atoms with van der Waals surface area (Å²) >= 11 is 0. The van der Waals surface area contributed by atoms with Gasteiger partial charge in [-0.25, -0.2) is 17.9 Å². The van der Waals surface area contributed by atoms with Gasteiger partial charge in [-0.15, -0.1) is 0 Å². The highest BCUT2D eigenvalue weighted by molar-refractivity contribution is 7.90. The maximum Gasteiger partial charge on any atom is 0.421 e. The van der Waals surface area contributed by atoms with Crippen molar-refractivity contribution in [2.45, 2.75) is 56.1 Å². The summed E-state index contributed by atoms with van der Waals surface area (Å²) in [5.74, 6) is 0. The van der Waals surface area contributed by atoms with Crippen LogP contribution in [0.5, 0.6) is 0 Å². The summed E-state index contributed by atoms with van der Waals surface area (Å²) in [6.45, 7) is 4.96. The van der Waals surface area contributed by atoms with Crippen LogP contribution in [0.25, 0.3) is 0 Å². The number of ether oxygens (including phenoxy) is 1. The molecule has 28 heavy (non-hydrogen) atoms. The van der Waals surface area contributed by atoms with E-state index in [1.165, 1.54) is 6.07 Å². The van der Waals surface area contributed by atoms with Gasteiger partial charge < -0.3 is 9.84 Å². The second-order valence-electron chi connectivity index (χ2n) is 8.08. The van der Waals surface area contributed by atoms with Crippen LogP contribution in [0.2, 0.25) is 0 Å². The van der Waals surface area contributed by atoms with Gasteiger partial charge in [-0.05, 0) is 56.4 Å². The standard InChI is InChI=1S/C21H25NO5S/c1-20(2,3)27-19(23)22-28(25,26)18-11-7-5-9-16(18)14-21(24)13-12-15-8-4-6-10-17(15)21/h4-11,24H,12-14H2,1-3H3,(H,22,23). The van der Waals surface area contributed by atoms with Gasteiger partial charge in [0.15, 0.2) is 0 Å². The minimum Gasteiger partial charge on any atom is -0.443 e. The van der Waals surface area contributed by atoms with E-state index >= 15 is 0 Å². The number of carbonyl (C=O) groups excluding carboxylic acids is 1. The molecule has 1 amide bonds. The van der Waals surface area contributed by atoms with Gasteiger partial charge in [-0.2, -0.15) is 0 Å². The third-order valence-electron chi connectivity index (χ3n) is 4.69. The molecule has 0 aliphatic heterocycles. The van der Waals surface area contributed by atoms with Gasteiger partial charge in [0.1, 0.15) is 5.60 Å². The van der Waals surface area contributed by atoms with Crippen molar-refractivity contribution in [3.8, 4) is 0 Å². The van der Waals surface area contributed by atoms with E-state index in [-0.39, 0.29) is 11.3 Å². The van der Waals surface area contributed by atoms with Crippen molar-refractivity contribution < 1.29 is 23.1 Å². The summed E-state index contributed by atoms with van der Waals surface area (Å²) < 4.78 is 32.6. The molecule has 0 radical (unpaired) electrons. The number of benzene rings is 2. The summed E-state index contributed by atoms with van der Waals surface area (Å²) in [6.07, 6.45) is 0.347. The first-order chi connectivity index (χ1) is 13.0. The predicted octanol–water partition coefficient (Wildman–Crippen LogP) is 3.28. The zero-order chi connectivity index (χ0) is 20.6. The van der Waals surface area contributed by atoms with Crippen LogP contribution in [0.1, 0.15) is 43.9 Å². The van der Waals surface area contributed by atoms with Crippen molar-refractivity contribution >= 4 is 16.1 Å². The van der Waals surface area contributed by atoms with Crippen molar-refractivity contribution in [3.05, 3.63) is 65.2 Å². The average Bonchev–Trinajstić information content (AvgIpc) is 2.90. The van der Waals surface area contributed by atoms with Crippen molar-refractivity contribution in [1.29, 1.82) is 0 Å². The van der Waals surface area contributed by atoms with Gasteiger partial charge in [0, 0.05) is 6.42 Å². The summed E-state index contributed by atoms with van der Waals surface area (Å²) in [4.78, 5) is 11.9. The Kier molecular flexibility index (Phi) is 5.25. The van der Waals surface area contributed by atoms with Crippen LogP contribution in [0.3, 0.4) is 0 Å². The number of amides is 1. The lowest BCUT2D eigenvalue weighted by Crippen LogP contribution is -2.37. The third kappa shape index (κ3) is 4.36. The molecule has 1 aliphatic carbocycles. The maximum atomic E-state index is 12.8. The molecule has 0 heterocycles. The van der Waals surface area contributed by atoms with Gasteiger partial charge in [0.05, 0.1) is 10.5 Å². The first-order valence-corrected chi connectivity index (χ1v) is 10.6. The molecule has 150 valence electrons. The van der Waals surface area contributed by atoms with E-state index in [1.54, 1.807) is 39.0 Å². The summed E-state index contributed by atoms with van der Waals surface area (Å²) in [5.41, 5.74) is 0.368. The zero-order valence-electron chi connectivity index (χ0n) is 16.2. The zero-order valence-corrected chi connectivity index (χ0v) is 17.0. The molecule has 7 heteroatoms. The summed E-state index contributed by atoms with van der Waals surface area (Å²) in [7, 11) is -4.14. The smallest absolute Gasteiger partial charge is 0.421 e. The molecule has 0 aromatic heterocycles. The largest absolute Gasteiger partial charge is 0.443 e. The SMILES string of the molecule is CC(C)(C)OC(=O)NS(=O)(=O)c1ccccc1CC1(O)CCc2ccccc21. The van der Waals surface area contributed by atoms with E-state index in [2.05, 4.69) is 0 Å². The fraction of sp³-hybridized carbons (Fsp3) is 0.381. The average molecular weight is 404 g/mol. The van der Waals surface area contributed by atoms with Crippen LogP contribution in [-0.4, -0.2) is 25.2 Å². The maximum absolute atomic E-state index is 12.8. The third-order valence-corrected chi connectivity index (χ3v) is 6.10. The monoisotopic (exact) mass is 403 g/mol. The van der Waals surface area contributed by atoms with Crippen LogP contribution >= 0.6 is 0 Å². The molecule has 1 atom stereocenters. The Hall–Kier alpha value is -2.38. The topological polar surface area (TPSA) is 92.7 Å². The molecule has 2 aromatic rings. The van der Waals surface area contributed by atoms with E-state index in [0.29, 0.717) is 12.0 Å². The van der Waals surface area contributed by atoms with E-state index in [0.717, 1.165) is 17.5 Å². The number of fused-ring (bicyclic) bond motifs is 1. The lowest BCUT2D eigenvalue weighted by Gasteiger charge is -2.25. The van der Waals surface area contributed by atoms with Crippen LogP contribution in [0.15, 0.2) is 53.4 Å². The number of aryl methyl sites for hydroxylation is 1. The molecule has 2 aromatic carbocycles. The molecule has 0 spiro atoms. The molecule has 0 saturated heterocycles. The van der Waals surface area contributed by atoms with Crippen LogP contribution in [0.4, 0.5) is 4.79 Å². The quantitative estimate of drug-likeness (QED) is 0.817. The molecule has 0 fully saturated rings. The highest BCUT2D eigenvalue weighted by Crippen LogP contribution is 2.40. The second kappa shape index (κ2) is 7.22. The van der Waals surface area contributed by atoms with E-state index in [1.807, 2.05) is 29.0 Å². The number of aliphatic hydroxyl groups is 1. The fourth-order valence-electron chi connectivity index (χ4n) is 3.54. The molecule has 6 nitrogen and oxygen atoms in total. The number of nitrogens with one attached hydrogen (secondary N) is 1. The van der Waals surface area contributed by atoms with Crippen LogP contribution in [0, 0.1) is 0 Å². The Morgan fingerprint density at radius 1 is 1.14 bits per heavy atom. The Morgan fingerprint density at radius 2 is 1.79 bits per heavy atom. The first kappa shape index (κ1) is 20.4. The van der Waals surface area contributed by atoms with Gasteiger partial charge in [0.2, 0.25) is 0 Å². The minimum absolute atomic E-state index is 0.0429. The molecule has 0 bridgehead atoms. The molecular weight excluding hydrogens is 378 g/mol. The van der Waals surface area contributed by atoms with Gasteiger partial charge in [0.25, 0.3) is 10.0 Å². The van der Waals surface area contributed by atoms with Crippen molar-refractivity contribution in [3.63, 3.8) is 0 Å². The number of carbonyl (C=O) groups is 1. The highest BCUT2D eigenvalue weighted by atomic mass is 32.2. The lowest BCUT2D eigenvalue weighted by atomic mass is 9.89. The molecule has 1 unspecified atom stereocenters. The number of hydrogen-bond acceptors (Lipinski definition) is 5.